The summed E-state index contributed by atoms with van der Waals surface area (Å²) in [6.45, 7) is 24.6. The molecular weight excluding hydrogens is 957 g/mol. The maximum Gasteiger partial charge on any atom is 0.494 e. The molecule has 13 rings (SSSR count). The van der Waals surface area contributed by atoms with Crippen molar-refractivity contribution in [3.8, 4) is 22.3 Å². The fourth-order valence-corrected chi connectivity index (χ4v) is 10.9. The first kappa shape index (κ1) is 52.1. The normalized spacial score (nSPS) is 18.8. The minimum absolute atomic E-state index is 0.347. The van der Waals surface area contributed by atoms with E-state index < -0.39 is 14.0 Å². The third-order valence-electron chi connectivity index (χ3n) is 17.1. The molecule has 0 saturated carbocycles. The van der Waals surface area contributed by atoms with Crippen LogP contribution in [0.5, 0.6) is 0 Å². The molecule has 3 fully saturated rings. The van der Waals surface area contributed by atoms with Gasteiger partial charge in [-0.2, -0.15) is 0 Å². The van der Waals surface area contributed by atoms with Crippen LogP contribution in [0.1, 0.15) is 83.1 Å². The van der Waals surface area contributed by atoms with Crippen molar-refractivity contribution in [1.29, 1.82) is 0 Å². The topological polar surface area (TPSA) is 55.4 Å². The fraction of sp³-hybridized carbons (Fsp3) is 0.273. The molecule has 0 bridgehead atoms. The SMILES string of the molecule is CC1(C)OB(B2OC(C)(C)C(C)(C)O2)OC1(C)C.CC1(C)OB(c2ccc3c(ccc4cc(-c5ccccc5)c5ccccc5c43)c2)OC1(C)C.Clc1ccc2c(ccc3cc(-c4ccccc4)c4ccccc4c32)c1. The molecule has 0 amide bonds. The summed E-state index contributed by atoms with van der Waals surface area (Å²) in [5.41, 5.74) is 3.96. The quantitative estimate of drug-likeness (QED) is 0.129. The van der Waals surface area contributed by atoms with Gasteiger partial charge >= 0.3 is 21.1 Å². The summed E-state index contributed by atoms with van der Waals surface area (Å²) in [5.74, 6) is 0. The smallest absolute Gasteiger partial charge is 0.405 e. The van der Waals surface area contributed by atoms with E-state index in [1.165, 1.54) is 86.9 Å². The average molecular weight is 1020 g/mol. The number of fused-ring (bicyclic) bond motifs is 10. The lowest BCUT2D eigenvalue weighted by molar-refractivity contribution is 0.00578. The molecule has 382 valence electrons. The highest BCUT2D eigenvalue weighted by Gasteiger charge is 2.63. The fourth-order valence-electron chi connectivity index (χ4n) is 10.7. The van der Waals surface area contributed by atoms with Crippen LogP contribution in [-0.4, -0.2) is 54.7 Å². The molecule has 76 heavy (non-hydrogen) atoms. The lowest BCUT2D eigenvalue weighted by Crippen LogP contribution is -2.41. The summed E-state index contributed by atoms with van der Waals surface area (Å²) in [6.07, 6.45) is 0. The van der Waals surface area contributed by atoms with Crippen molar-refractivity contribution in [2.24, 2.45) is 0 Å². The Balaban J connectivity index is 0.000000128. The Labute approximate surface area is 454 Å². The zero-order valence-electron chi connectivity index (χ0n) is 45.9. The van der Waals surface area contributed by atoms with Crippen molar-refractivity contribution >= 4 is 103 Å². The molecular formula is C66H66B3ClO6. The van der Waals surface area contributed by atoms with E-state index >= 15 is 0 Å². The molecule has 0 atom stereocenters. The van der Waals surface area contributed by atoms with Crippen LogP contribution in [0.15, 0.2) is 182 Å². The predicted molar refractivity (Wildman–Crippen MR) is 322 cm³/mol. The highest BCUT2D eigenvalue weighted by Crippen LogP contribution is 2.45. The zero-order valence-corrected chi connectivity index (χ0v) is 46.6. The Hall–Kier alpha value is -6.00. The van der Waals surface area contributed by atoms with Gasteiger partial charge in [-0.25, -0.2) is 0 Å². The summed E-state index contributed by atoms with van der Waals surface area (Å²) in [6, 6.07) is 64.8. The van der Waals surface area contributed by atoms with Crippen LogP contribution in [0.25, 0.3) is 86.9 Å². The molecule has 0 aliphatic carbocycles. The van der Waals surface area contributed by atoms with Gasteiger partial charge in [0.15, 0.2) is 0 Å². The molecule has 3 saturated heterocycles. The monoisotopic (exact) mass is 1020 g/mol. The van der Waals surface area contributed by atoms with E-state index in [1.54, 1.807) is 0 Å². The highest BCUT2D eigenvalue weighted by atomic mass is 35.5. The van der Waals surface area contributed by atoms with Gasteiger partial charge in [-0.05, 0) is 200 Å². The second-order valence-electron chi connectivity index (χ2n) is 23.7. The standard InChI is InChI=1S/C30H27BO2.C24H15Cl.C12H24B2O4/c1-29(2)30(3,4)33-31(32-29)23-16-17-24-21(18-23)14-15-22-19-27(20-10-6-5-7-11-20)25-12-8-9-13-26(25)28(22)24;25-19-12-13-20-17(14-19)10-11-18-15-23(16-6-2-1-3-7-16)21-8-4-5-9-22(21)24(18)20;1-9(2)10(3,4)16-13(15-9)14-17-11(5,6)12(7,8)18-14/h5-19H,1-4H3;1-15H;1-8H3. The number of benzene rings is 10. The molecule has 0 spiro atoms. The lowest BCUT2D eigenvalue weighted by atomic mass is 9.49. The number of rotatable bonds is 4. The maximum atomic E-state index is 6.30. The Bertz CT molecular complexity index is 3760. The Kier molecular flexibility index (Phi) is 13.1. The van der Waals surface area contributed by atoms with E-state index in [9.17, 15) is 0 Å². The van der Waals surface area contributed by atoms with Crippen molar-refractivity contribution < 1.29 is 27.9 Å². The summed E-state index contributed by atoms with van der Waals surface area (Å²) in [7, 11) is -1.31. The van der Waals surface area contributed by atoms with Crippen LogP contribution < -0.4 is 5.46 Å². The highest BCUT2D eigenvalue weighted by molar-refractivity contribution is 7.11. The molecule has 6 nitrogen and oxygen atoms in total. The van der Waals surface area contributed by atoms with Gasteiger partial charge in [-0.3, -0.25) is 0 Å². The van der Waals surface area contributed by atoms with Crippen molar-refractivity contribution in [3.05, 3.63) is 187 Å². The molecule has 0 unspecified atom stereocenters. The van der Waals surface area contributed by atoms with E-state index in [0.717, 1.165) is 10.5 Å². The first-order chi connectivity index (χ1) is 36.0. The summed E-state index contributed by atoms with van der Waals surface area (Å²) in [5, 5.41) is 15.9. The van der Waals surface area contributed by atoms with Gasteiger partial charge in [0.05, 0.1) is 33.6 Å². The Morgan fingerprint density at radius 1 is 0.303 bits per heavy atom. The van der Waals surface area contributed by atoms with Gasteiger partial charge < -0.3 is 27.9 Å². The first-order valence-electron chi connectivity index (χ1n) is 26.6. The minimum atomic E-state index is -0.476. The molecule has 10 aromatic carbocycles. The van der Waals surface area contributed by atoms with Crippen LogP contribution in [0.3, 0.4) is 0 Å². The largest absolute Gasteiger partial charge is 0.494 e. The molecule has 3 heterocycles. The molecule has 3 aliphatic rings. The van der Waals surface area contributed by atoms with E-state index in [-0.39, 0.29) is 40.7 Å². The molecule has 0 radical (unpaired) electrons. The van der Waals surface area contributed by atoms with Crippen molar-refractivity contribution in [2.75, 3.05) is 0 Å². The van der Waals surface area contributed by atoms with Gasteiger partial charge in [-0.15, -0.1) is 0 Å². The summed E-state index contributed by atoms with van der Waals surface area (Å²) < 4.78 is 36.4. The molecule has 3 aliphatic heterocycles. The molecule has 10 aromatic rings. The third-order valence-corrected chi connectivity index (χ3v) is 17.4. The van der Waals surface area contributed by atoms with Crippen LogP contribution in [-0.2, 0) is 27.9 Å². The number of hydrogen-bond acceptors (Lipinski definition) is 6. The predicted octanol–water partition coefficient (Wildman–Crippen LogP) is 16.8. The van der Waals surface area contributed by atoms with Gasteiger partial charge in [0, 0.05) is 5.02 Å². The van der Waals surface area contributed by atoms with Gasteiger partial charge in [-0.1, -0.05) is 169 Å². The maximum absolute atomic E-state index is 6.30. The third kappa shape index (κ3) is 9.32. The van der Waals surface area contributed by atoms with E-state index in [2.05, 4.69) is 198 Å². The van der Waals surface area contributed by atoms with E-state index in [0.29, 0.717) is 0 Å². The Morgan fingerprint density at radius 3 is 1.07 bits per heavy atom. The van der Waals surface area contributed by atoms with Crippen molar-refractivity contribution in [3.63, 3.8) is 0 Å². The second-order valence-corrected chi connectivity index (χ2v) is 24.1. The average Bonchev–Trinajstić information content (AvgIpc) is 3.90. The Morgan fingerprint density at radius 2 is 0.645 bits per heavy atom. The van der Waals surface area contributed by atoms with Gasteiger partial charge in [0.25, 0.3) is 0 Å². The van der Waals surface area contributed by atoms with Crippen molar-refractivity contribution in [2.45, 2.75) is 117 Å². The van der Waals surface area contributed by atoms with Gasteiger partial charge in [0.1, 0.15) is 0 Å². The van der Waals surface area contributed by atoms with E-state index in [4.69, 9.17) is 39.5 Å². The van der Waals surface area contributed by atoms with E-state index in [1.807, 2.05) is 67.5 Å². The van der Waals surface area contributed by atoms with Crippen LogP contribution in [0, 0.1) is 0 Å². The summed E-state index contributed by atoms with van der Waals surface area (Å²) >= 11 is 6.19. The van der Waals surface area contributed by atoms with Crippen molar-refractivity contribution in [1.82, 2.24) is 0 Å². The van der Waals surface area contributed by atoms with Crippen LogP contribution in [0.2, 0.25) is 5.02 Å². The van der Waals surface area contributed by atoms with Crippen LogP contribution >= 0.6 is 11.6 Å². The lowest BCUT2D eigenvalue weighted by Gasteiger charge is -2.32. The minimum Gasteiger partial charge on any atom is -0.405 e. The number of halogens is 1. The molecule has 0 N–H and O–H groups in total. The second kappa shape index (κ2) is 19.2. The number of hydrogen-bond donors (Lipinski definition) is 0. The first-order valence-corrected chi connectivity index (χ1v) is 27.0. The molecule has 10 heteroatoms. The zero-order chi connectivity index (χ0) is 53.6. The molecule has 0 aromatic heterocycles. The summed E-state index contributed by atoms with van der Waals surface area (Å²) in [4.78, 5) is 0. The van der Waals surface area contributed by atoms with Gasteiger partial charge in [0.2, 0.25) is 0 Å². The van der Waals surface area contributed by atoms with Crippen LogP contribution in [0.4, 0.5) is 0 Å².